The van der Waals surface area contributed by atoms with E-state index in [1.807, 2.05) is 30.1 Å². The molecule has 6 nitrogen and oxygen atoms in total. The van der Waals surface area contributed by atoms with Gasteiger partial charge in [0, 0.05) is 44.9 Å². The summed E-state index contributed by atoms with van der Waals surface area (Å²) < 4.78 is 0. The number of nitrogens with one attached hydrogen (secondary N) is 1. The maximum atomic E-state index is 12.7. The van der Waals surface area contributed by atoms with Gasteiger partial charge in [-0.25, -0.2) is 4.98 Å². The highest BCUT2D eigenvalue weighted by atomic mass is 16.2. The number of piperidine rings is 1. The topological polar surface area (TPSA) is 69.3 Å². The van der Waals surface area contributed by atoms with E-state index in [9.17, 15) is 9.59 Å². The third kappa shape index (κ3) is 4.17. The molecule has 3 heterocycles. The Morgan fingerprint density at radius 2 is 2.07 bits per heavy atom. The van der Waals surface area contributed by atoms with E-state index in [4.69, 9.17) is 4.98 Å². The molecule has 1 fully saturated rings. The quantitative estimate of drug-likeness (QED) is 0.882. The molecule has 1 N–H and O–H groups in total. The van der Waals surface area contributed by atoms with Gasteiger partial charge >= 0.3 is 0 Å². The first kappa shape index (κ1) is 18.9. The summed E-state index contributed by atoms with van der Waals surface area (Å²) in [4.78, 5) is 37.2. The van der Waals surface area contributed by atoms with Gasteiger partial charge in [-0.15, -0.1) is 0 Å². The van der Waals surface area contributed by atoms with Gasteiger partial charge in [0.15, 0.2) is 0 Å². The van der Waals surface area contributed by atoms with Crippen LogP contribution in [0.2, 0.25) is 0 Å². The van der Waals surface area contributed by atoms with E-state index in [2.05, 4.69) is 22.0 Å². The van der Waals surface area contributed by atoms with Gasteiger partial charge in [0.1, 0.15) is 5.82 Å². The molecule has 0 radical (unpaired) electrons. The van der Waals surface area contributed by atoms with Crippen LogP contribution in [0.1, 0.15) is 47.8 Å². The van der Waals surface area contributed by atoms with Gasteiger partial charge in [-0.05, 0) is 31.9 Å². The SMILES string of the molecule is CN1CCc2nc([C@@H]3CCCN(C(=O)CCc4ccccc4)C3)[nH]c(=O)c2C1. The van der Waals surface area contributed by atoms with Crippen molar-refractivity contribution in [3.05, 3.63) is 63.3 Å². The number of fused-ring (bicyclic) bond motifs is 1. The van der Waals surface area contributed by atoms with Crippen molar-refractivity contribution in [2.75, 3.05) is 26.7 Å². The molecule has 0 aliphatic carbocycles. The number of amides is 1. The van der Waals surface area contributed by atoms with Crippen molar-refractivity contribution in [1.82, 2.24) is 19.8 Å². The van der Waals surface area contributed by atoms with E-state index in [1.54, 1.807) is 0 Å². The lowest BCUT2D eigenvalue weighted by Gasteiger charge is -2.33. The lowest BCUT2D eigenvalue weighted by molar-refractivity contribution is -0.132. The zero-order chi connectivity index (χ0) is 19.5. The fourth-order valence-electron chi connectivity index (χ4n) is 4.25. The molecule has 1 atom stereocenters. The molecule has 6 heteroatoms. The molecule has 0 saturated carbocycles. The van der Waals surface area contributed by atoms with E-state index < -0.39 is 0 Å². The number of hydrogen-bond acceptors (Lipinski definition) is 4. The molecular weight excluding hydrogens is 352 g/mol. The van der Waals surface area contributed by atoms with Crippen LogP contribution in [-0.4, -0.2) is 52.4 Å². The van der Waals surface area contributed by atoms with Crippen molar-refractivity contribution in [3.8, 4) is 0 Å². The number of likely N-dealkylation sites (N-methyl/N-ethyl adjacent to an activating group) is 1. The van der Waals surface area contributed by atoms with Crippen LogP contribution in [-0.2, 0) is 24.2 Å². The normalized spacial score (nSPS) is 20.0. The highest BCUT2D eigenvalue weighted by molar-refractivity contribution is 5.76. The number of nitrogens with zero attached hydrogens (tertiary/aromatic N) is 3. The fourth-order valence-corrected chi connectivity index (χ4v) is 4.25. The molecular formula is C22H28N4O2. The Bertz CT molecular complexity index is 893. The largest absolute Gasteiger partial charge is 0.342 e. The van der Waals surface area contributed by atoms with Crippen LogP contribution >= 0.6 is 0 Å². The molecule has 0 spiro atoms. The summed E-state index contributed by atoms with van der Waals surface area (Å²) in [6.07, 6.45) is 4.02. The van der Waals surface area contributed by atoms with Crippen molar-refractivity contribution in [2.45, 2.75) is 44.6 Å². The van der Waals surface area contributed by atoms with Crippen molar-refractivity contribution >= 4 is 5.91 Å². The number of rotatable bonds is 4. The molecule has 2 aromatic rings. The lowest BCUT2D eigenvalue weighted by atomic mass is 9.96. The Balaban J connectivity index is 1.43. The van der Waals surface area contributed by atoms with E-state index in [0.717, 1.165) is 55.9 Å². The van der Waals surface area contributed by atoms with Crippen molar-refractivity contribution < 1.29 is 4.79 Å². The first-order valence-corrected chi connectivity index (χ1v) is 10.2. The lowest BCUT2D eigenvalue weighted by Crippen LogP contribution is -2.41. The fraction of sp³-hybridized carbons (Fsp3) is 0.500. The molecule has 1 aromatic heterocycles. The monoisotopic (exact) mass is 380 g/mol. The zero-order valence-corrected chi connectivity index (χ0v) is 16.5. The van der Waals surface area contributed by atoms with Crippen LogP contribution in [0, 0.1) is 0 Å². The van der Waals surface area contributed by atoms with Gasteiger partial charge in [-0.3, -0.25) is 9.59 Å². The first-order valence-electron chi connectivity index (χ1n) is 10.2. The number of carbonyl (C=O) groups excluding carboxylic acids is 1. The van der Waals surface area contributed by atoms with E-state index >= 15 is 0 Å². The molecule has 28 heavy (non-hydrogen) atoms. The van der Waals surface area contributed by atoms with Gasteiger partial charge < -0.3 is 14.8 Å². The molecule has 0 bridgehead atoms. The van der Waals surface area contributed by atoms with Gasteiger partial charge in [-0.1, -0.05) is 30.3 Å². The molecule has 1 saturated heterocycles. The predicted molar refractivity (Wildman–Crippen MR) is 108 cm³/mol. The molecule has 2 aliphatic rings. The smallest absolute Gasteiger partial charge is 0.255 e. The Morgan fingerprint density at radius 3 is 2.89 bits per heavy atom. The number of carbonyl (C=O) groups is 1. The van der Waals surface area contributed by atoms with Crippen LogP contribution in [0.3, 0.4) is 0 Å². The number of H-pyrrole nitrogens is 1. The standard InChI is InChI=1S/C22H28N4O2/c1-25-13-11-19-18(15-25)22(28)24-21(23-19)17-8-5-12-26(14-17)20(27)10-9-16-6-3-2-4-7-16/h2-4,6-7,17H,5,8-15H2,1H3,(H,23,24,28)/t17-/m1/s1. The molecule has 148 valence electrons. The maximum absolute atomic E-state index is 12.7. The molecule has 1 amide bonds. The van der Waals surface area contributed by atoms with Gasteiger partial charge in [0.05, 0.1) is 11.3 Å². The van der Waals surface area contributed by atoms with Crippen LogP contribution < -0.4 is 5.56 Å². The number of aromatic amines is 1. The predicted octanol–water partition coefficient (Wildman–Crippen LogP) is 2.10. The molecule has 2 aliphatic heterocycles. The second-order valence-electron chi connectivity index (χ2n) is 8.03. The van der Waals surface area contributed by atoms with Crippen LogP contribution in [0.15, 0.2) is 35.1 Å². The van der Waals surface area contributed by atoms with Crippen molar-refractivity contribution in [2.24, 2.45) is 0 Å². The average Bonchev–Trinajstić information content (AvgIpc) is 2.73. The van der Waals surface area contributed by atoms with Crippen LogP contribution in [0.25, 0.3) is 0 Å². The zero-order valence-electron chi connectivity index (χ0n) is 16.5. The van der Waals surface area contributed by atoms with Crippen molar-refractivity contribution in [1.29, 1.82) is 0 Å². The Labute approximate surface area is 165 Å². The number of aryl methyl sites for hydroxylation is 1. The van der Waals surface area contributed by atoms with E-state index in [0.29, 0.717) is 19.5 Å². The first-order chi connectivity index (χ1) is 13.6. The van der Waals surface area contributed by atoms with Gasteiger partial charge in [-0.2, -0.15) is 0 Å². The second-order valence-corrected chi connectivity index (χ2v) is 8.03. The Hall–Kier alpha value is -2.47. The number of likely N-dealkylation sites (tertiary alicyclic amines) is 1. The summed E-state index contributed by atoms with van der Waals surface area (Å²) in [5.41, 5.74) is 2.91. The molecule has 0 unspecified atom stereocenters. The summed E-state index contributed by atoms with van der Waals surface area (Å²) in [7, 11) is 2.02. The average molecular weight is 380 g/mol. The number of aromatic nitrogens is 2. The molecule has 4 rings (SSSR count). The minimum absolute atomic E-state index is 0.0147. The summed E-state index contributed by atoms with van der Waals surface area (Å²) in [5.74, 6) is 1.07. The summed E-state index contributed by atoms with van der Waals surface area (Å²) in [6.45, 7) is 3.03. The van der Waals surface area contributed by atoms with Crippen LogP contribution in [0.5, 0.6) is 0 Å². The van der Waals surface area contributed by atoms with E-state index in [-0.39, 0.29) is 17.4 Å². The Kier molecular flexibility index (Phi) is 5.57. The maximum Gasteiger partial charge on any atom is 0.255 e. The number of benzene rings is 1. The number of hydrogen-bond donors (Lipinski definition) is 1. The third-order valence-corrected chi connectivity index (χ3v) is 5.91. The minimum Gasteiger partial charge on any atom is -0.342 e. The van der Waals surface area contributed by atoms with E-state index in [1.165, 1.54) is 5.56 Å². The van der Waals surface area contributed by atoms with Gasteiger partial charge in [0.2, 0.25) is 5.91 Å². The van der Waals surface area contributed by atoms with Crippen LogP contribution in [0.4, 0.5) is 0 Å². The second kappa shape index (κ2) is 8.27. The summed E-state index contributed by atoms with van der Waals surface area (Å²) in [6, 6.07) is 10.1. The summed E-state index contributed by atoms with van der Waals surface area (Å²) in [5, 5.41) is 0. The molecule has 1 aromatic carbocycles. The minimum atomic E-state index is -0.0147. The highest BCUT2D eigenvalue weighted by Crippen LogP contribution is 2.25. The third-order valence-electron chi connectivity index (χ3n) is 5.91. The highest BCUT2D eigenvalue weighted by Gasteiger charge is 2.28. The van der Waals surface area contributed by atoms with Gasteiger partial charge in [0.25, 0.3) is 5.56 Å². The Morgan fingerprint density at radius 1 is 1.25 bits per heavy atom. The van der Waals surface area contributed by atoms with Crippen molar-refractivity contribution in [3.63, 3.8) is 0 Å². The summed E-state index contributed by atoms with van der Waals surface area (Å²) >= 11 is 0.